The number of unbranched alkanes of at least 4 members (excludes halogenated alkanes) is 2. The molecule has 0 unspecified atom stereocenters. The Kier molecular flexibility index (Phi) is 9.13. The van der Waals surface area contributed by atoms with Crippen LogP contribution < -0.4 is 25.1 Å². The lowest BCUT2D eigenvalue weighted by molar-refractivity contribution is -0.121. The molecule has 8 nitrogen and oxygen atoms in total. The summed E-state index contributed by atoms with van der Waals surface area (Å²) in [5.74, 6) is 2.51. The minimum Gasteiger partial charge on any atom is -0.497 e. The van der Waals surface area contributed by atoms with E-state index in [0.717, 1.165) is 36.1 Å². The maximum atomic E-state index is 13.6. The fourth-order valence-electron chi connectivity index (χ4n) is 4.42. The van der Waals surface area contributed by atoms with Gasteiger partial charge in [-0.1, -0.05) is 60.1 Å². The fourth-order valence-corrected chi connectivity index (χ4v) is 5.73. The van der Waals surface area contributed by atoms with Crippen LogP contribution in [-0.4, -0.2) is 29.4 Å². The molecular weight excluding hydrogens is 550 g/mol. The second-order valence-electron chi connectivity index (χ2n) is 9.39. The standard InChI is InChI=1S/C30H30ClN3O5S/c1-37-22-12-10-20(11-13-22)17-32-28(35)9-3-2-6-14-34-29(36)23-15-26-27(39-19-38-26)16-25(23)33-30(34)40-18-21-7-4-5-8-24(21)31/h4-5,7-8,10-13,15-16H,2-3,6,9,14,17-19H2,1H3,(H,32,35). The third-order valence-corrected chi connectivity index (χ3v) is 8.06. The number of rotatable bonds is 12. The van der Waals surface area contributed by atoms with Gasteiger partial charge in [0.05, 0.1) is 18.0 Å². The van der Waals surface area contributed by atoms with Gasteiger partial charge in [-0.15, -0.1) is 0 Å². The van der Waals surface area contributed by atoms with Crippen LogP contribution in [0.2, 0.25) is 5.02 Å². The van der Waals surface area contributed by atoms with Crippen molar-refractivity contribution < 1.29 is 19.0 Å². The Morgan fingerprint density at radius 1 is 1.07 bits per heavy atom. The van der Waals surface area contributed by atoms with Crippen LogP contribution in [0.1, 0.15) is 36.8 Å². The van der Waals surface area contributed by atoms with Crippen molar-refractivity contribution in [1.29, 1.82) is 0 Å². The molecule has 1 aromatic heterocycles. The van der Waals surface area contributed by atoms with Crippen LogP contribution in [0.25, 0.3) is 10.9 Å². The summed E-state index contributed by atoms with van der Waals surface area (Å²) < 4.78 is 17.9. The molecule has 0 radical (unpaired) electrons. The average Bonchev–Trinajstić information content (AvgIpc) is 3.43. The van der Waals surface area contributed by atoms with Gasteiger partial charge in [-0.3, -0.25) is 14.2 Å². The van der Waals surface area contributed by atoms with E-state index in [-0.39, 0.29) is 18.3 Å². The average molecular weight is 580 g/mol. The first-order chi connectivity index (χ1) is 19.5. The van der Waals surface area contributed by atoms with Gasteiger partial charge in [-0.2, -0.15) is 0 Å². The van der Waals surface area contributed by atoms with E-state index in [0.29, 0.717) is 57.8 Å². The molecule has 0 bridgehead atoms. The van der Waals surface area contributed by atoms with Crippen LogP contribution in [0.4, 0.5) is 0 Å². The molecule has 208 valence electrons. The highest BCUT2D eigenvalue weighted by atomic mass is 35.5. The van der Waals surface area contributed by atoms with E-state index in [1.54, 1.807) is 23.8 Å². The Morgan fingerprint density at radius 3 is 2.62 bits per heavy atom. The summed E-state index contributed by atoms with van der Waals surface area (Å²) in [6, 6.07) is 18.7. The van der Waals surface area contributed by atoms with E-state index in [1.165, 1.54) is 11.8 Å². The maximum Gasteiger partial charge on any atom is 0.262 e. The van der Waals surface area contributed by atoms with Crippen molar-refractivity contribution >= 4 is 40.2 Å². The number of nitrogens with zero attached hydrogens (tertiary/aromatic N) is 2. The lowest BCUT2D eigenvalue weighted by Gasteiger charge is -2.14. The number of benzene rings is 3. The topological polar surface area (TPSA) is 91.7 Å². The minimum absolute atomic E-state index is 0.00687. The zero-order chi connectivity index (χ0) is 27.9. The minimum atomic E-state index is -0.123. The van der Waals surface area contributed by atoms with Gasteiger partial charge in [0, 0.05) is 36.4 Å². The van der Waals surface area contributed by atoms with Gasteiger partial charge in [0.1, 0.15) is 5.75 Å². The Bertz CT molecular complexity index is 1560. The van der Waals surface area contributed by atoms with Gasteiger partial charge in [0.15, 0.2) is 16.7 Å². The summed E-state index contributed by atoms with van der Waals surface area (Å²) >= 11 is 7.84. The Morgan fingerprint density at radius 2 is 1.85 bits per heavy atom. The van der Waals surface area contributed by atoms with Gasteiger partial charge in [-0.05, 0) is 48.2 Å². The van der Waals surface area contributed by atoms with Gasteiger partial charge < -0.3 is 19.5 Å². The number of carbonyl (C=O) groups is 1. The molecule has 3 aromatic carbocycles. The second kappa shape index (κ2) is 13.1. The number of methoxy groups -OCH3 is 1. The third kappa shape index (κ3) is 6.71. The van der Waals surface area contributed by atoms with E-state index in [1.807, 2.05) is 48.5 Å². The largest absolute Gasteiger partial charge is 0.497 e. The van der Waals surface area contributed by atoms with E-state index >= 15 is 0 Å². The summed E-state index contributed by atoms with van der Waals surface area (Å²) in [7, 11) is 1.62. The van der Waals surface area contributed by atoms with Gasteiger partial charge >= 0.3 is 0 Å². The first kappa shape index (κ1) is 27.9. The Hall–Kier alpha value is -3.69. The Labute approximate surface area is 241 Å². The molecule has 1 aliphatic rings. The lowest BCUT2D eigenvalue weighted by atomic mass is 10.1. The maximum absolute atomic E-state index is 13.6. The van der Waals surface area contributed by atoms with Crippen molar-refractivity contribution in [2.24, 2.45) is 0 Å². The van der Waals surface area contributed by atoms with Gasteiger partial charge in [-0.25, -0.2) is 4.98 Å². The predicted octanol–water partition coefficient (Wildman–Crippen LogP) is 5.96. The van der Waals surface area contributed by atoms with Gasteiger partial charge in [0.2, 0.25) is 12.7 Å². The molecule has 0 aliphatic carbocycles. The number of thioether (sulfide) groups is 1. The van der Waals surface area contributed by atoms with Crippen molar-refractivity contribution in [3.63, 3.8) is 0 Å². The summed E-state index contributed by atoms with van der Waals surface area (Å²) in [4.78, 5) is 30.7. The van der Waals surface area contributed by atoms with Crippen LogP contribution in [0.15, 0.2) is 70.6 Å². The van der Waals surface area contributed by atoms with Crippen molar-refractivity contribution in [2.75, 3.05) is 13.9 Å². The number of carbonyl (C=O) groups excluding carboxylic acids is 1. The summed E-state index contributed by atoms with van der Waals surface area (Å²) in [6.07, 6.45) is 2.70. The van der Waals surface area contributed by atoms with E-state index < -0.39 is 0 Å². The number of halogens is 1. The number of hydrogen-bond acceptors (Lipinski definition) is 7. The Balaban J connectivity index is 1.21. The highest BCUT2D eigenvalue weighted by Crippen LogP contribution is 2.35. The van der Waals surface area contributed by atoms with Crippen molar-refractivity contribution in [2.45, 2.75) is 49.7 Å². The normalized spacial score (nSPS) is 12.1. The number of nitrogens with one attached hydrogen (secondary N) is 1. The number of aromatic nitrogens is 2. The van der Waals surface area contributed by atoms with E-state index in [4.69, 9.17) is 30.8 Å². The van der Waals surface area contributed by atoms with E-state index in [2.05, 4.69) is 5.32 Å². The van der Waals surface area contributed by atoms with Crippen molar-refractivity contribution in [3.05, 3.63) is 87.2 Å². The van der Waals surface area contributed by atoms with Crippen molar-refractivity contribution in [3.8, 4) is 17.2 Å². The summed E-state index contributed by atoms with van der Waals surface area (Å²) in [5, 5.41) is 4.75. The van der Waals surface area contributed by atoms with E-state index in [9.17, 15) is 9.59 Å². The molecule has 40 heavy (non-hydrogen) atoms. The quantitative estimate of drug-likeness (QED) is 0.126. The first-order valence-corrected chi connectivity index (χ1v) is 14.5. The summed E-state index contributed by atoms with van der Waals surface area (Å²) in [6.45, 7) is 1.10. The highest BCUT2D eigenvalue weighted by molar-refractivity contribution is 7.98. The zero-order valence-electron chi connectivity index (χ0n) is 22.2. The van der Waals surface area contributed by atoms with Crippen molar-refractivity contribution in [1.82, 2.24) is 14.9 Å². The monoisotopic (exact) mass is 579 g/mol. The molecule has 0 atom stereocenters. The number of fused-ring (bicyclic) bond motifs is 2. The van der Waals surface area contributed by atoms with Crippen LogP contribution in [0, 0.1) is 0 Å². The summed E-state index contributed by atoms with van der Waals surface area (Å²) in [5.41, 5.74) is 2.44. The van der Waals surface area contributed by atoms with Crippen LogP contribution in [0.5, 0.6) is 17.2 Å². The molecule has 0 spiro atoms. The molecule has 0 saturated heterocycles. The highest BCUT2D eigenvalue weighted by Gasteiger charge is 2.19. The molecule has 1 amide bonds. The molecule has 5 rings (SSSR count). The second-order valence-corrected chi connectivity index (χ2v) is 10.7. The smallest absolute Gasteiger partial charge is 0.262 e. The fraction of sp³-hybridized carbons (Fsp3) is 0.300. The lowest BCUT2D eigenvalue weighted by Crippen LogP contribution is -2.24. The molecule has 0 saturated carbocycles. The van der Waals surface area contributed by atoms with Crippen LogP contribution >= 0.6 is 23.4 Å². The predicted molar refractivity (Wildman–Crippen MR) is 156 cm³/mol. The zero-order valence-corrected chi connectivity index (χ0v) is 23.7. The number of hydrogen-bond donors (Lipinski definition) is 1. The molecule has 10 heteroatoms. The molecule has 1 N–H and O–H groups in total. The molecule has 0 fully saturated rings. The molecule has 2 heterocycles. The number of ether oxygens (including phenoxy) is 3. The third-order valence-electron chi connectivity index (χ3n) is 6.66. The van der Waals surface area contributed by atoms with Gasteiger partial charge in [0.25, 0.3) is 5.56 Å². The van der Waals surface area contributed by atoms with Crippen LogP contribution in [0.3, 0.4) is 0 Å². The molecule has 1 aliphatic heterocycles. The first-order valence-electron chi connectivity index (χ1n) is 13.1. The molecule has 4 aromatic rings. The number of amides is 1. The van der Waals surface area contributed by atoms with Crippen LogP contribution in [-0.2, 0) is 23.6 Å². The molecular formula is C30H30ClN3O5S. The SMILES string of the molecule is COc1ccc(CNC(=O)CCCCCn2c(SCc3ccccc3Cl)nc3cc4c(cc3c2=O)OCO4)cc1.